The summed E-state index contributed by atoms with van der Waals surface area (Å²) in [5.74, 6) is -2.84. The van der Waals surface area contributed by atoms with Gasteiger partial charge in [-0.2, -0.15) is 13.2 Å². The quantitative estimate of drug-likeness (QED) is 0.400. The van der Waals surface area contributed by atoms with Gasteiger partial charge in [0.15, 0.2) is 5.76 Å². The minimum atomic E-state index is -4.71. The van der Waals surface area contributed by atoms with Gasteiger partial charge in [-0.3, -0.25) is 20.4 Å². The molecule has 3 aromatic rings. The molecular weight excluding hydrogens is 385 g/mol. The highest BCUT2D eigenvalue weighted by Gasteiger charge is 2.35. The largest absolute Gasteiger partial charge is 0.459 e. The summed E-state index contributed by atoms with van der Waals surface area (Å²) in [6.45, 7) is 0. The van der Waals surface area contributed by atoms with E-state index >= 15 is 0 Å². The van der Waals surface area contributed by atoms with Crippen LogP contribution in [0.4, 0.5) is 13.2 Å². The van der Waals surface area contributed by atoms with Crippen molar-refractivity contribution in [3.05, 3.63) is 54.2 Å². The molecule has 11 heteroatoms. The number of hydrogen-bond acceptors (Lipinski definition) is 6. The molecule has 140 valence electrons. The number of fused-ring (bicyclic) bond motifs is 1. The highest BCUT2D eigenvalue weighted by Crippen LogP contribution is 2.31. The van der Waals surface area contributed by atoms with E-state index in [9.17, 15) is 22.8 Å². The summed E-state index contributed by atoms with van der Waals surface area (Å²) >= 11 is 0.800. The number of carbonyl (C=O) groups is 2. The van der Waals surface area contributed by atoms with Crippen molar-refractivity contribution in [1.29, 1.82) is 0 Å². The summed E-state index contributed by atoms with van der Waals surface area (Å²) in [6, 6.07) is 9.09. The number of nitrogens with zero attached hydrogens (tertiary/aromatic N) is 2. The van der Waals surface area contributed by atoms with Crippen LogP contribution in [0.5, 0.6) is 0 Å². The minimum Gasteiger partial charge on any atom is -0.459 e. The van der Waals surface area contributed by atoms with E-state index in [0.717, 1.165) is 11.8 Å². The Morgan fingerprint density at radius 3 is 2.56 bits per heavy atom. The zero-order valence-electron chi connectivity index (χ0n) is 13.4. The van der Waals surface area contributed by atoms with Gasteiger partial charge in [0.1, 0.15) is 5.03 Å². The molecule has 0 spiro atoms. The van der Waals surface area contributed by atoms with E-state index in [0.29, 0.717) is 5.39 Å². The number of benzene rings is 1. The number of rotatable bonds is 4. The monoisotopic (exact) mass is 396 g/mol. The molecule has 3 rings (SSSR count). The van der Waals surface area contributed by atoms with Crippen molar-refractivity contribution in [3.8, 4) is 0 Å². The van der Waals surface area contributed by atoms with Crippen LogP contribution in [-0.4, -0.2) is 27.5 Å². The van der Waals surface area contributed by atoms with E-state index in [-0.39, 0.29) is 22.1 Å². The summed E-state index contributed by atoms with van der Waals surface area (Å²) in [5.41, 5.74) is 4.40. The van der Waals surface area contributed by atoms with Crippen LogP contribution in [0.2, 0.25) is 0 Å². The summed E-state index contributed by atoms with van der Waals surface area (Å²) in [6.07, 6.45) is -3.41. The third-order valence-corrected chi connectivity index (χ3v) is 4.21. The molecule has 2 amide bonds. The van der Waals surface area contributed by atoms with Gasteiger partial charge >= 0.3 is 12.1 Å². The minimum absolute atomic E-state index is 0.000401. The molecule has 0 saturated carbocycles. The normalized spacial score (nSPS) is 11.4. The summed E-state index contributed by atoms with van der Waals surface area (Å²) in [4.78, 5) is 30.5. The maximum atomic E-state index is 13.0. The summed E-state index contributed by atoms with van der Waals surface area (Å²) in [7, 11) is 0. The number of hydrogen-bond donors (Lipinski definition) is 2. The number of furan rings is 1. The van der Waals surface area contributed by atoms with E-state index in [4.69, 9.17) is 4.42 Å². The standard InChI is InChI=1S/C16H11F3N4O3S/c17-16(18,19)15-20-10-5-2-1-4-9(10)14(21-15)27-8-12(24)22-23-13(25)11-6-3-7-26-11/h1-7H,8H2,(H,22,24)(H,23,25). The van der Waals surface area contributed by atoms with Gasteiger partial charge in [0.2, 0.25) is 11.7 Å². The first-order chi connectivity index (χ1) is 12.8. The summed E-state index contributed by atoms with van der Waals surface area (Å²) < 4.78 is 43.8. The van der Waals surface area contributed by atoms with Crippen molar-refractivity contribution in [2.24, 2.45) is 0 Å². The first-order valence-electron chi connectivity index (χ1n) is 7.44. The Labute approximate surface area is 154 Å². The van der Waals surface area contributed by atoms with E-state index in [1.54, 1.807) is 18.2 Å². The Hall–Kier alpha value is -3.08. The maximum Gasteiger partial charge on any atom is 0.451 e. The molecule has 0 aliphatic carbocycles. The van der Waals surface area contributed by atoms with Gasteiger partial charge in [-0.05, 0) is 18.2 Å². The highest BCUT2D eigenvalue weighted by molar-refractivity contribution is 8.00. The van der Waals surface area contributed by atoms with Gasteiger partial charge in [0.25, 0.3) is 0 Å². The van der Waals surface area contributed by atoms with Crippen molar-refractivity contribution < 1.29 is 27.2 Å². The van der Waals surface area contributed by atoms with Crippen LogP contribution in [0.25, 0.3) is 10.9 Å². The number of alkyl halides is 3. The van der Waals surface area contributed by atoms with Crippen molar-refractivity contribution in [3.63, 3.8) is 0 Å². The lowest BCUT2D eigenvalue weighted by molar-refractivity contribution is -0.145. The molecule has 2 N–H and O–H groups in total. The molecule has 1 aromatic carbocycles. The first kappa shape index (κ1) is 18.7. The third-order valence-electron chi connectivity index (χ3n) is 3.22. The zero-order chi connectivity index (χ0) is 19.4. The number of nitrogens with one attached hydrogen (secondary N) is 2. The molecule has 2 heterocycles. The van der Waals surface area contributed by atoms with Gasteiger partial charge in [-0.1, -0.05) is 30.0 Å². The average molecular weight is 396 g/mol. The van der Waals surface area contributed by atoms with Crippen molar-refractivity contribution in [2.45, 2.75) is 11.2 Å². The smallest absolute Gasteiger partial charge is 0.451 e. The number of hydrazine groups is 1. The molecule has 2 aromatic heterocycles. The predicted octanol–water partition coefficient (Wildman–Crippen LogP) is 2.79. The fourth-order valence-electron chi connectivity index (χ4n) is 2.05. The highest BCUT2D eigenvalue weighted by atomic mass is 32.2. The van der Waals surface area contributed by atoms with Crippen LogP contribution in [-0.2, 0) is 11.0 Å². The Balaban J connectivity index is 1.69. The number of carbonyl (C=O) groups excluding carboxylic acids is 2. The molecule has 0 radical (unpaired) electrons. The molecule has 0 aliphatic rings. The lowest BCUT2D eigenvalue weighted by Gasteiger charge is -2.10. The van der Waals surface area contributed by atoms with Crippen LogP contribution in [0.15, 0.2) is 52.1 Å². The number of para-hydroxylation sites is 1. The molecule has 0 unspecified atom stereocenters. The molecule has 0 aliphatic heterocycles. The molecule has 0 atom stereocenters. The van der Waals surface area contributed by atoms with Gasteiger partial charge < -0.3 is 4.42 Å². The Morgan fingerprint density at radius 1 is 1.07 bits per heavy atom. The molecule has 0 bridgehead atoms. The van der Waals surface area contributed by atoms with Crippen molar-refractivity contribution >= 4 is 34.5 Å². The number of aromatic nitrogens is 2. The van der Waals surface area contributed by atoms with Crippen molar-refractivity contribution in [2.75, 3.05) is 5.75 Å². The Kier molecular flexibility index (Phi) is 5.31. The van der Waals surface area contributed by atoms with Crippen LogP contribution in [0.3, 0.4) is 0 Å². The second-order valence-corrected chi connectivity index (χ2v) is 6.10. The second kappa shape index (κ2) is 7.66. The van der Waals surface area contributed by atoms with Gasteiger partial charge in [-0.15, -0.1) is 0 Å². The zero-order valence-corrected chi connectivity index (χ0v) is 14.2. The second-order valence-electron chi connectivity index (χ2n) is 5.14. The topological polar surface area (TPSA) is 97.1 Å². The van der Waals surface area contributed by atoms with Gasteiger partial charge in [0.05, 0.1) is 17.5 Å². The lowest BCUT2D eigenvalue weighted by atomic mass is 10.2. The number of amides is 2. The average Bonchev–Trinajstić information content (AvgIpc) is 3.18. The molecule has 0 fully saturated rings. The fourth-order valence-corrected chi connectivity index (χ4v) is 2.87. The molecule has 7 nitrogen and oxygen atoms in total. The van der Waals surface area contributed by atoms with Crippen LogP contribution >= 0.6 is 11.8 Å². The maximum absolute atomic E-state index is 13.0. The Bertz CT molecular complexity index is 977. The number of halogens is 3. The number of thioether (sulfide) groups is 1. The predicted molar refractivity (Wildman–Crippen MR) is 89.6 cm³/mol. The van der Waals surface area contributed by atoms with E-state index < -0.39 is 23.8 Å². The third kappa shape index (κ3) is 4.56. The summed E-state index contributed by atoms with van der Waals surface area (Å²) in [5, 5.41) is 0.406. The van der Waals surface area contributed by atoms with Crippen LogP contribution in [0.1, 0.15) is 16.4 Å². The molecular formula is C16H11F3N4O3S. The Morgan fingerprint density at radius 2 is 1.85 bits per heavy atom. The van der Waals surface area contributed by atoms with Gasteiger partial charge in [-0.25, -0.2) is 9.97 Å². The van der Waals surface area contributed by atoms with E-state index in [1.165, 1.54) is 24.5 Å². The molecule has 27 heavy (non-hydrogen) atoms. The van der Waals surface area contributed by atoms with Crippen LogP contribution in [0, 0.1) is 0 Å². The molecule has 0 saturated heterocycles. The van der Waals surface area contributed by atoms with Crippen LogP contribution < -0.4 is 10.9 Å². The van der Waals surface area contributed by atoms with E-state index in [1.807, 2.05) is 0 Å². The lowest BCUT2D eigenvalue weighted by Crippen LogP contribution is -2.42. The SMILES string of the molecule is O=C(CSc1nc(C(F)(F)F)nc2ccccc12)NNC(=O)c1ccco1. The van der Waals surface area contributed by atoms with Gasteiger partial charge in [0, 0.05) is 5.39 Å². The van der Waals surface area contributed by atoms with Crippen molar-refractivity contribution in [1.82, 2.24) is 20.8 Å². The van der Waals surface area contributed by atoms with E-state index in [2.05, 4.69) is 20.8 Å². The first-order valence-corrected chi connectivity index (χ1v) is 8.42. The fraction of sp³-hybridized carbons (Fsp3) is 0.125.